The van der Waals surface area contributed by atoms with Gasteiger partial charge in [-0.05, 0) is 35.9 Å². The average molecular weight is 489 g/mol. The van der Waals surface area contributed by atoms with Crippen LogP contribution in [0.25, 0.3) is 28.1 Å². The lowest BCUT2D eigenvalue weighted by Crippen LogP contribution is -2.49. The van der Waals surface area contributed by atoms with Crippen LogP contribution < -0.4 is 4.90 Å². The fourth-order valence-corrected chi connectivity index (χ4v) is 4.44. The molecule has 10 heteroatoms. The van der Waals surface area contributed by atoms with E-state index in [-0.39, 0.29) is 12.7 Å². The Morgan fingerprint density at radius 1 is 1.00 bits per heavy atom. The number of amides is 1. The Bertz CT molecular complexity index is 1490. The first-order valence-corrected chi connectivity index (χ1v) is 11.6. The van der Waals surface area contributed by atoms with E-state index in [0.717, 1.165) is 16.5 Å². The SMILES string of the molecule is O=C(OCc1ccccc1)N1CCN(c2nc3cc(Cl)ccc3c3nnc(-c4ccco4)n23)CC1. The molecule has 0 N–H and O–H groups in total. The molecule has 5 aromatic rings. The summed E-state index contributed by atoms with van der Waals surface area (Å²) in [6.45, 7) is 2.40. The zero-order valence-corrected chi connectivity index (χ0v) is 19.4. The number of benzene rings is 2. The molecule has 0 spiro atoms. The van der Waals surface area contributed by atoms with Gasteiger partial charge in [0.1, 0.15) is 6.61 Å². The molecule has 176 valence electrons. The third-order valence-corrected chi connectivity index (χ3v) is 6.29. The summed E-state index contributed by atoms with van der Waals surface area (Å²) in [5.41, 5.74) is 2.35. The van der Waals surface area contributed by atoms with Crippen LogP contribution in [0.4, 0.5) is 10.7 Å². The fraction of sp³-hybridized carbons (Fsp3) is 0.200. The number of furan rings is 1. The van der Waals surface area contributed by atoms with Gasteiger partial charge in [-0.25, -0.2) is 14.2 Å². The molecule has 4 heterocycles. The maximum Gasteiger partial charge on any atom is 0.410 e. The third-order valence-electron chi connectivity index (χ3n) is 6.05. The van der Waals surface area contributed by atoms with Crippen LogP contribution in [0.15, 0.2) is 71.3 Å². The van der Waals surface area contributed by atoms with Crippen molar-refractivity contribution in [2.75, 3.05) is 31.1 Å². The maximum absolute atomic E-state index is 12.6. The van der Waals surface area contributed by atoms with Crippen LogP contribution in [0.2, 0.25) is 5.02 Å². The van der Waals surface area contributed by atoms with E-state index in [1.54, 1.807) is 11.2 Å². The topological polar surface area (TPSA) is 89.0 Å². The van der Waals surface area contributed by atoms with Crippen molar-refractivity contribution in [3.05, 3.63) is 77.5 Å². The summed E-state index contributed by atoms with van der Waals surface area (Å²) in [6.07, 6.45) is 1.28. The molecule has 0 unspecified atom stereocenters. The minimum absolute atomic E-state index is 0.251. The number of fused-ring (bicyclic) bond motifs is 3. The average Bonchev–Trinajstić information content (AvgIpc) is 3.58. The minimum Gasteiger partial charge on any atom is -0.461 e. The van der Waals surface area contributed by atoms with Crippen molar-refractivity contribution in [2.45, 2.75) is 6.61 Å². The summed E-state index contributed by atoms with van der Waals surface area (Å²) in [5, 5.41) is 10.3. The van der Waals surface area contributed by atoms with Crippen molar-refractivity contribution >= 4 is 40.2 Å². The van der Waals surface area contributed by atoms with Gasteiger partial charge in [0.2, 0.25) is 11.8 Å². The molecule has 1 amide bonds. The van der Waals surface area contributed by atoms with E-state index in [1.165, 1.54) is 0 Å². The van der Waals surface area contributed by atoms with Crippen LogP contribution in [0.3, 0.4) is 0 Å². The number of piperazine rings is 1. The number of rotatable bonds is 4. The van der Waals surface area contributed by atoms with Gasteiger partial charge >= 0.3 is 6.09 Å². The first kappa shape index (κ1) is 21.4. The zero-order chi connectivity index (χ0) is 23.8. The first-order chi connectivity index (χ1) is 17.2. The van der Waals surface area contributed by atoms with E-state index >= 15 is 0 Å². The van der Waals surface area contributed by atoms with Crippen LogP contribution in [-0.2, 0) is 11.3 Å². The van der Waals surface area contributed by atoms with E-state index in [1.807, 2.05) is 65.1 Å². The lowest BCUT2D eigenvalue weighted by atomic mass is 10.2. The molecule has 6 rings (SSSR count). The molecule has 3 aromatic heterocycles. The summed E-state index contributed by atoms with van der Waals surface area (Å²) in [6, 6.07) is 18.8. The second-order valence-corrected chi connectivity index (χ2v) is 8.68. The van der Waals surface area contributed by atoms with Gasteiger partial charge in [-0.1, -0.05) is 41.9 Å². The lowest BCUT2D eigenvalue weighted by molar-refractivity contribution is 0.0940. The molecule has 0 aliphatic carbocycles. The number of anilines is 1. The molecule has 2 aromatic carbocycles. The number of aromatic nitrogens is 4. The molecule has 0 bridgehead atoms. The van der Waals surface area contributed by atoms with Gasteiger partial charge in [0.15, 0.2) is 11.4 Å². The van der Waals surface area contributed by atoms with Crippen molar-refractivity contribution in [1.82, 2.24) is 24.5 Å². The molecular weight excluding hydrogens is 468 g/mol. The second kappa shape index (κ2) is 8.92. The summed E-state index contributed by atoms with van der Waals surface area (Å²) in [7, 11) is 0. The first-order valence-electron chi connectivity index (χ1n) is 11.3. The lowest BCUT2D eigenvalue weighted by Gasteiger charge is -2.35. The van der Waals surface area contributed by atoms with Gasteiger partial charge in [0.25, 0.3) is 0 Å². The van der Waals surface area contributed by atoms with Crippen LogP contribution in [-0.4, -0.2) is 56.8 Å². The molecule has 1 aliphatic heterocycles. The van der Waals surface area contributed by atoms with Gasteiger partial charge in [-0.2, -0.15) is 0 Å². The van der Waals surface area contributed by atoms with E-state index in [2.05, 4.69) is 15.1 Å². The van der Waals surface area contributed by atoms with Crippen molar-refractivity contribution < 1.29 is 13.9 Å². The van der Waals surface area contributed by atoms with Crippen LogP contribution >= 0.6 is 11.6 Å². The zero-order valence-electron chi connectivity index (χ0n) is 18.7. The van der Waals surface area contributed by atoms with Crippen LogP contribution in [0.1, 0.15) is 5.56 Å². The van der Waals surface area contributed by atoms with Crippen molar-refractivity contribution in [3.63, 3.8) is 0 Å². The normalized spacial score (nSPS) is 14.1. The second-order valence-electron chi connectivity index (χ2n) is 8.25. The summed E-state index contributed by atoms with van der Waals surface area (Å²) in [5.74, 6) is 1.83. The number of hydrogen-bond acceptors (Lipinski definition) is 7. The Hall–Kier alpha value is -4.11. The number of hydrogen-bond donors (Lipinski definition) is 0. The van der Waals surface area contributed by atoms with E-state index in [4.69, 9.17) is 25.7 Å². The predicted octanol–water partition coefficient (Wildman–Crippen LogP) is 4.65. The quantitative estimate of drug-likeness (QED) is 0.364. The van der Waals surface area contributed by atoms with Gasteiger partial charge in [0.05, 0.1) is 11.8 Å². The maximum atomic E-state index is 12.6. The number of carbonyl (C=O) groups excluding carboxylic acids is 1. The Labute approximate surface area is 205 Å². The highest BCUT2D eigenvalue weighted by atomic mass is 35.5. The van der Waals surface area contributed by atoms with Gasteiger partial charge in [-0.3, -0.25) is 0 Å². The molecule has 1 fully saturated rings. The monoisotopic (exact) mass is 488 g/mol. The smallest absolute Gasteiger partial charge is 0.410 e. The Morgan fingerprint density at radius 2 is 1.83 bits per heavy atom. The summed E-state index contributed by atoms with van der Waals surface area (Å²) >= 11 is 6.25. The Kier molecular flexibility index (Phi) is 5.46. The molecular formula is C25H21ClN6O3. The van der Waals surface area contributed by atoms with E-state index in [9.17, 15) is 4.79 Å². The summed E-state index contributed by atoms with van der Waals surface area (Å²) < 4.78 is 13.0. The van der Waals surface area contributed by atoms with Gasteiger partial charge in [0, 0.05) is 36.6 Å². The number of ether oxygens (including phenoxy) is 1. The number of nitrogens with zero attached hydrogens (tertiary/aromatic N) is 6. The van der Waals surface area contributed by atoms with E-state index in [0.29, 0.717) is 54.4 Å². The molecule has 0 radical (unpaired) electrons. The molecule has 0 saturated carbocycles. The molecule has 9 nitrogen and oxygen atoms in total. The van der Waals surface area contributed by atoms with E-state index < -0.39 is 0 Å². The third kappa shape index (κ3) is 4.04. The van der Waals surface area contributed by atoms with Crippen LogP contribution in [0.5, 0.6) is 0 Å². The highest BCUT2D eigenvalue weighted by Crippen LogP contribution is 2.30. The highest BCUT2D eigenvalue weighted by Gasteiger charge is 2.27. The number of halogens is 1. The summed E-state index contributed by atoms with van der Waals surface area (Å²) in [4.78, 5) is 21.4. The Balaban J connectivity index is 1.28. The Morgan fingerprint density at radius 3 is 2.60 bits per heavy atom. The highest BCUT2D eigenvalue weighted by molar-refractivity contribution is 6.31. The molecule has 35 heavy (non-hydrogen) atoms. The largest absolute Gasteiger partial charge is 0.461 e. The van der Waals surface area contributed by atoms with Crippen molar-refractivity contribution in [3.8, 4) is 11.6 Å². The van der Waals surface area contributed by atoms with Crippen LogP contribution in [0, 0.1) is 0 Å². The predicted molar refractivity (Wildman–Crippen MR) is 131 cm³/mol. The van der Waals surface area contributed by atoms with Crippen molar-refractivity contribution in [1.29, 1.82) is 0 Å². The molecule has 1 saturated heterocycles. The van der Waals surface area contributed by atoms with Gasteiger partial charge in [-0.15, -0.1) is 10.2 Å². The molecule has 0 atom stereocenters. The van der Waals surface area contributed by atoms with Gasteiger partial charge < -0.3 is 19.0 Å². The van der Waals surface area contributed by atoms with Crippen molar-refractivity contribution in [2.24, 2.45) is 0 Å². The minimum atomic E-state index is -0.322. The molecule has 1 aliphatic rings. The number of carbonyl (C=O) groups is 1. The fourth-order valence-electron chi connectivity index (χ4n) is 4.27. The standard InChI is InChI=1S/C25H21ClN6O3/c26-18-8-9-19-20(15-18)27-24(32-22(19)28-29-23(32)21-7-4-14-34-21)30-10-12-31(13-11-30)25(33)35-16-17-5-2-1-3-6-17/h1-9,14-15H,10-13,16H2.